The second-order valence-electron chi connectivity index (χ2n) is 6.20. The molecule has 1 heterocycles. The zero-order chi connectivity index (χ0) is 17.3. The molecule has 1 aliphatic rings. The number of hydrogen-bond donors (Lipinski definition) is 1. The van der Waals surface area contributed by atoms with Crippen molar-refractivity contribution in [3.8, 4) is 0 Å². The maximum atomic E-state index is 12.9. The van der Waals surface area contributed by atoms with Crippen LogP contribution in [0.15, 0.2) is 24.3 Å². The van der Waals surface area contributed by atoms with Crippen molar-refractivity contribution in [1.29, 1.82) is 0 Å². The van der Waals surface area contributed by atoms with Crippen molar-refractivity contribution in [2.24, 2.45) is 0 Å². The van der Waals surface area contributed by atoms with Gasteiger partial charge < -0.3 is 10.2 Å². The van der Waals surface area contributed by atoms with Crippen LogP contribution in [0.1, 0.15) is 40.9 Å². The Morgan fingerprint density at radius 3 is 2.67 bits per heavy atom. The van der Waals surface area contributed by atoms with E-state index in [9.17, 15) is 13.2 Å². The highest BCUT2D eigenvalue weighted by atomic mass is 32.1. The minimum absolute atomic E-state index is 0.194. The molecule has 8 heteroatoms. The van der Waals surface area contributed by atoms with Crippen molar-refractivity contribution in [2.45, 2.75) is 31.0 Å². The molecule has 1 atom stereocenters. The fourth-order valence-electron chi connectivity index (χ4n) is 2.51. The zero-order valence-electron chi connectivity index (χ0n) is 13.5. The van der Waals surface area contributed by atoms with E-state index in [2.05, 4.69) is 15.5 Å². The highest BCUT2D eigenvalue weighted by Crippen LogP contribution is 2.42. The predicted molar refractivity (Wildman–Crippen MR) is 88.2 cm³/mol. The van der Waals surface area contributed by atoms with Crippen molar-refractivity contribution in [3.63, 3.8) is 0 Å². The molecule has 1 aromatic heterocycles. The largest absolute Gasteiger partial charge is 0.416 e. The molecule has 0 aliphatic heterocycles. The Kier molecular flexibility index (Phi) is 4.78. The third kappa shape index (κ3) is 4.05. The van der Waals surface area contributed by atoms with Gasteiger partial charge in [-0.25, -0.2) is 0 Å². The van der Waals surface area contributed by atoms with Crippen LogP contribution in [0.4, 0.5) is 18.3 Å². The third-order valence-corrected chi connectivity index (χ3v) is 5.08. The minimum Gasteiger partial charge on any atom is -0.358 e. The lowest BCUT2D eigenvalue weighted by Crippen LogP contribution is -2.27. The van der Waals surface area contributed by atoms with Crippen LogP contribution >= 0.6 is 11.3 Å². The van der Waals surface area contributed by atoms with E-state index in [0.717, 1.165) is 16.2 Å². The summed E-state index contributed by atoms with van der Waals surface area (Å²) in [5.74, 6) is 0.547. The highest BCUT2D eigenvalue weighted by Gasteiger charge is 2.31. The molecular weight excluding hydrogens is 337 g/mol. The zero-order valence-corrected chi connectivity index (χ0v) is 14.3. The number of nitrogens with one attached hydrogen (secondary N) is 1. The molecule has 0 radical (unpaired) electrons. The number of halogens is 3. The van der Waals surface area contributed by atoms with Gasteiger partial charge in [0.1, 0.15) is 5.01 Å². The van der Waals surface area contributed by atoms with Gasteiger partial charge in [-0.15, -0.1) is 10.2 Å². The number of hydrogen-bond acceptors (Lipinski definition) is 5. The molecule has 1 unspecified atom stereocenters. The summed E-state index contributed by atoms with van der Waals surface area (Å²) in [6.45, 7) is 0.466. The molecule has 0 bridgehead atoms. The summed E-state index contributed by atoms with van der Waals surface area (Å²) < 4.78 is 38.8. The van der Waals surface area contributed by atoms with E-state index in [1.54, 1.807) is 6.07 Å². The molecule has 1 N–H and O–H groups in total. The number of alkyl halides is 3. The van der Waals surface area contributed by atoms with Gasteiger partial charge in [-0.3, -0.25) is 0 Å². The molecule has 0 amide bonds. The normalized spacial score (nSPS) is 16.4. The highest BCUT2D eigenvalue weighted by molar-refractivity contribution is 7.15. The quantitative estimate of drug-likeness (QED) is 0.844. The maximum Gasteiger partial charge on any atom is 0.416 e. The molecule has 1 saturated carbocycles. The first-order valence-corrected chi connectivity index (χ1v) is 8.57. The van der Waals surface area contributed by atoms with E-state index < -0.39 is 11.7 Å². The summed E-state index contributed by atoms with van der Waals surface area (Å²) in [7, 11) is 3.70. The van der Waals surface area contributed by atoms with E-state index in [1.165, 1.54) is 36.3 Å². The predicted octanol–water partition coefficient (Wildman–Crippen LogP) is 4.15. The van der Waals surface area contributed by atoms with Gasteiger partial charge >= 0.3 is 6.18 Å². The Bertz CT molecular complexity index is 695. The number of anilines is 1. The van der Waals surface area contributed by atoms with Gasteiger partial charge in [0.05, 0.1) is 11.6 Å². The lowest BCUT2D eigenvalue weighted by Gasteiger charge is -2.25. The van der Waals surface area contributed by atoms with Crippen molar-refractivity contribution < 1.29 is 13.2 Å². The summed E-state index contributed by atoms with van der Waals surface area (Å²) in [6.07, 6.45) is -2.00. The average molecular weight is 356 g/mol. The molecule has 4 nitrogen and oxygen atoms in total. The smallest absolute Gasteiger partial charge is 0.358 e. The van der Waals surface area contributed by atoms with Gasteiger partial charge in [0, 0.05) is 12.5 Å². The Hall–Kier alpha value is -1.67. The van der Waals surface area contributed by atoms with Crippen LogP contribution in [-0.2, 0) is 6.18 Å². The molecular formula is C16H19F3N4S. The summed E-state index contributed by atoms with van der Waals surface area (Å²) in [5, 5.41) is 13.2. The molecule has 1 aromatic carbocycles. The fourth-order valence-corrected chi connectivity index (χ4v) is 3.43. The van der Waals surface area contributed by atoms with Crippen LogP contribution in [0.25, 0.3) is 0 Å². The van der Waals surface area contributed by atoms with Crippen LogP contribution < -0.4 is 5.32 Å². The SMILES string of the molecule is CN(C)C(CNc1nnc(C2CC2)s1)c1cccc(C(F)(F)F)c1. The van der Waals surface area contributed by atoms with Crippen LogP contribution in [-0.4, -0.2) is 35.7 Å². The first-order chi connectivity index (χ1) is 11.3. The first kappa shape index (κ1) is 17.2. The molecule has 2 aromatic rings. The van der Waals surface area contributed by atoms with Gasteiger partial charge in [-0.05, 0) is 44.6 Å². The van der Waals surface area contributed by atoms with Crippen molar-refractivity contribution in [3.05, 3.63) is 40.4 Å². The van der Waals surface area contributed by atoms with E-state index >= 15 is 0 Å². The van der Waals surface area contributed by atoms with Crippen molar-refractivity contribution in [1.82, 2.24) is 15.1 Å². The van der Waals surface area contributed by atoms with E-state index in [0.29, 0.717) is 18.0 Å². The lowest BCUT2D eigenvalue weighted by atomic mass is 10.0. The number of benzene rings is 1. The number of likely N-dealkylation sites (N-methyl/N-ethyl adjacent to an activating group) is 1. The van der Waals surface area contributed by atoms with Gasteiger partial charge in [0.25, 0.3) is 0 Å². The van der Waals surface area contributed by atoms with Crippen molar-refractivity contribution >= 4 is 16.5 Å². The van der Waals surface area contributed by atoms with E-state index in [4.69, 9.17) is 0 Å². The van der Waals surface area contributed by atoms with Gasteiger partial charge in [0.2, 0.25) is 5.13 Å². The Balaban J connectivity index is 1.72. The summed E-state index contributed by atoms with van der Waals surface area (Å²) >= 11 is 1.53. The first-order valence-electron chi connectivity index (χ1n) is 7.75. The molecule has 0 saturated heterocycles. The fraction of sp³-hybridized carbons (Fsp3) is 0.500. The second kappa shape index (κ2) is 6.68. The molecule has 130 valence electrons. The molecule has 1 aliphatic carbocycles. The van der Waals surface area contributed by atoms with Crippen LogP contribution in [0, 0.1) is 0 Å². The van der Waals surface area contributed by atoms with Crippen LogP contribution in [0.2, 0.25) is 0 Å². The van der Waals surface area contributed by atoms with Crippen LogP contribution in [0.5, 0.6) is 0 Å². The monoisotopic (exact) mass is 356 g/mol. The van der Waals surface area contributed by atoms with Crippen molar-refractivity contribution in [2.75, 3.05) is 26.0 Å². The Morgan fingerprint density at radius 1 is 1.29 bits per heavy atom. The van der Waals surface area contributed by atoms with Crippen LogP contribution in [0.3, 0.4) is 0 Å². The average Bonchev–Trinajstić information content (AvgIpc) is 3.26. The van der Waals surface area contributed by atoms with E-state index in [1.807, 2.05) is 19.0 Å². The summed E-state index contributed by atoms with van der Waals surface area (Å²) in [4.78, 5) is 1.89. The van der Waals surface area contributed by atoms with Gasteiger partial charge in [-0.2, -0.15) is 13.2 Å². The number of aromatic nitrogens is 2. The number of nitrogens with zero attached hydrogens (tertiary/aromatic N) is 3. The molecule has 24 heavy (non-hydrogen) atoms. The lowest BCUT2D eigenvalue weighted by molar-refractivity contribution is -0.137. The minimum atomic E-state index is -4.33. The topological polar surface area (TPSA) is 41.0 Å². The third-order valence-electron chi connectivity index (χ3n) is 4.04. The van der Waals surface area contributed by atoms with Gasteiger partial charge in [0.15, 0.2) is 0 Å². The maximum absolute atomic E-state index is 12.9. The summed E-state index contributed by atoms with van der Waals surface area (Å²) in [6, 6.07) is 5.28. The summed E-state index contributed by atoms with van der Waals surface area (Å²) in [5.41, 5.74) is -0.00644. The standard InChI is InChI=1S/C16H19F3N4S/c1-23(2)13(11-4-3-5-12(8-11)16(17,18)19)9-20-15-22-21-14(24-15)10-6-7-10/h3-5,8,10,13H,6-7,9H2,1-2H3,(H,20,22). The Labute approximate surface area is 142 Å². The Morgan fingerprint density at radius 2 is 2.04 bits per heavy atom. The molecule has 3 rings (SSSR count). The second-order valence-corrected chi connectivity index (χ2v) is 7.21. The number of rotatable bonds is 6. The van der Waals surface area contributed by atoms with E-state index in [-0.39, 0.29) is 6.04 Å². The molecule has 1 fully saturated rings. The van der Waals surface area contributed by atoms with Gasteiger partial charge in [-0.1, -0.05) is 23.5 Å². The molecule has 0 spiro atoms.